The summed E-state index contributed by atoms with van der Waals surface area (Å²) in [6.07, 6.45) is 2.71. The van der Waals surface area contributed by atoms with Crippen LogP contribution in [0.4, 0.5) is 5.69 Å². The molecule has 2 heterocycles. The van der Waals surface area contributed by atoms with Gasteiger partial charge in [-0.15, -0.1) is 5.10 Å². The van der Waals surface area contributed by atoms with Crippen LogP contribution in [-0.2, 0) is 11.2 Å². The summed E-state index contributed by atoms with van der Waals surface area (Å²) >= 11 is 0. The number of anilines is 1. The number of hydrogen-bond donors (Lipinski definition) is 2. The molecule has 7 heteroatoms. The Morgan fingerprint density at radius 3 is 2.71 bits per heavy atom. The number of carbonyl (C=O) groups excluding carboxylic acids is 1. The van der Waals surface area contributed by atoms with E-state index in [4.69, 9.17) is 0 Å². The Bertz CT molecular complexity index is 833. The monoisotopic (exact) mass is 324 g/mol. The van der Waals surface area contributed by atoms with Gasteiger partial charge in [-0.1, -0.05) is 17.3 Å². The highest BCUT2D eigenvalue weighted by Gasteiger charge is 2.12. The summed E-state index contributed by atoms with van der Waals surface area (Å²) in [6.45, 7) is 5.56. The summed E-state index contributed by atoms with van der Waals surface area (Å²) in [5.74, 6) is -0.0869. The van der Waals surface area contributed by atoms with Crippen LogP contribution in [0.3, 0.4) is 0 Å². The smallest absolute Gasteiger partial charge is 0.221 e. The van der Waals surface area contributed by atoms with Crippen LogP contribution in [0.15, 0.2) is 36.5 Å². The van der Waals surface area contributed by atoms with E-state index in [1.54, 1.807) is 0 Å². The van der Waals surface area contributed by atoms with Gasteiger partial charge in [0.25, 0.3) is 0 Å². The van der Waals surface area contributed by atoms with Gasteiger partial charge in [-0.25, -0.2) is 4.68 Å². The highest BCUT2D eigenvalue weighted by molar-refractivity contribution is 5.88. The summed E-state index contributed by atoms with van der Waals surface area (Å²) in [5, 5.41) is 18.4. The molecule has 0 unspecified atom stereocenters. The van der Waals surface area contributed by atoms with E-state index in [0.29, 0.717) is 0 Å². The number of nitrogens with zero attached hydrogens (tertiary/aromatic N) is 4. The minimum absolute atomic E-state index is 0.0869. The van der Waals surface area contributed by atoms with E-state index in [-0.39, 0.29) is 11.9 Å². The number of carbonyl (C=O) groups is 1. The number of aromatic nitrogens is 5. The van der Waals surface area contributed by atoms with Gasteiger partial charge >= 0.3 is 0 Å². The Morgan fingerprint density at radius 1 is 1.33 bits per heavy atom. The number of rotatable bonds is 5. The molecular weight excluding hydrogens is 304 g/mol. The summed E-state index contributed by atoms with van der Waals surface area (Å²) in [6, 6.07) is 9.74. The molecule has 2 aromatic heterocycles. The van der Waals surface area contributed by atoms with Gasteiger partial charge in [0.05, 0.1) is 17.9 Å². The molecule has 24 heavy (non-hydrogen) atoms. The zero-order valence-electron chi connectivity index (χ0n) is 13.9. The summed E-state index contributed by atoms with van der Waals surface area (Å²) < 4.78 is 1.85. The quantitative estimate of drug-likeness (QED) is 0.755. The van der Waals surface area contributed by atoms with Gasteiger partial charge in [0.1, 0.15) is 5.69 Å². The average molecular weight is 324 g/mol. The van der Waals surface area contributed by atoms with Crippen molar-refractivity contribution in [2.24, 2.45) is 0 Å². The second kappa shape index (κ2) is 6.66. The molecular formula is C17H20N6O. The maximum Gasteiger partial charge on any atom is 0.221 e. The lowest BCUT2D eigenvalue weighted by Gasteiger charge is -2.08. The lowest BCUT2D eigenvalue weighted by atomic mass is 10.1. The van der Waals surface area contributed by atoms with Gasteiger partial charge in [0, 0.05) is 30.3 Å². The van der Waals surface area contributed by atoms with E-state index in [1.807, 2.05) is 48.1 Å². The Balaban J connectivity index is 1.71. The van der Waals surface area contributed by atoms with Crippen molar-refractivity contribution in [2.75, 3.05) is 5.32 Å². The molecule has 3 rings (SSSR count). The van der Waals surface area contributed by atoms with E-state index < -0.39 is 0 Å². The van der Waals surface area contributed by atoms with Crippen molar-refractivity contribution in [2.45, 2.75) is 33.2 Å². The van der Waals surface area contributed by atoms with Gasteiger partial charge in [0.2, 0.25) is 5.91 Å². The van der Waals surface area contributed by atoms with Crippen molar-refractivity contribution in [1.82, 2.24) is 25.2 Å². The third-order valence-electron chi connectivity index (χ3n) is 3.73. The third kappa shape index (κ3) is 3.68. The molecule has 1 atom stereocenters. The number of aromatic amines is 1. The first-order valence-electron chi connectivity index (χ1n) is 7.82. The van der Waals surface area contributed by atoms with E-state index in [1.165, 1.54) is 6.92 Å². The summed E-state index contributed by atoms with van der Waals surface area (Å²) in [7, 11) is 0. The molecule has 7 nitrogen and oxygen atoms in total. The molecule has 0 radical (unpaired) electrons. The predicted molar refractivity (Wildman–Crippen MR) is 91.5 cm³/mol. The zero-order chi connectivity index (χ0) is 17.1. The van der Waals surface area contributed by atoms with Crippen LogP contribution in [-0.4, -0.2) is 31.1 Å². The highest BCUT2D eigenvalue weighted by atomic mass is 16.1. The Kier molecular flexibility index (Phi) is 4.41. The highest BCUT2D eigenvalue weighted by Crippen LogP contribution is 2.21. The van der Waals surface area contributed by atoms with Gasteiger partial charge in [-0.2, -0.15) is 5.10 Å². The fourth-order valence-corrected chi connectivity index (χ4v) is 2.53. The molecule has 3 aromatic rings. The third-order valence-corrected chi connectivity index (χ3v) is 3.73. The minimum Gasteiger partial charge on any atom is -0.326 e. The van der Waals surface area contributed by atoms with E-state index in [2.05, 4.69) is 32.7 Å². The maximum atomic E-state index is 11.1. The Labute approximate surface area is 140 Å². The fraction of sp³-hybridized carbons (Fsp3) is 0.294. The lowest BCUT2D eigenvalue weighted by Crippen LogP contribution is -2.09. The number of hydrogen-bond acceptors (Lipinski definition) is 4. The second-order valence-electron chi connectivity index (χ2n) is 5.94. The van der Waals surface area contributed by atoms with Crippen molar-refractivity contribution in [3.63, 3.8) is 0 Å². The molecule has 0 fully saturated rings. The minimum atomic E-state index is -0.0869. The van der Waals surface area contributed by atoms with Crippen LogP contribution >= 0.6 is 0 Å². The average Bonchev–Trinajstić information content (AvgIpc) is 3.17. The molecule has 0 saturated carbocycles. The standard InChI is InChI=1S/C17H20N6O/c1-11-8-16(20-19-11)9-12(2)23-10-17(21-22-23)14-4-6-15(7-5-14)18-13(3)24/h4-8,10,12H,9H2,1-3H3,(H,18,24)(H,19,20)/t12-/m0/s1. The fourth-order valence-electron chi connectivity index (χ4n) is 2.53. The second-order valence-corrected chi connectivity index (χ2v) is 5.94. The molecule has 2 N–H and O–H groups in total. The molecule has 1 aromatic carbocycles. The van der Waals surface area contributed by atoms with Gasteiger partial charge in [-0.05, 0) is 32.0 Å². The number of amides is 1. The Hall–Kier alpha value is -2.96. The largest absolute Gasteiger partial charge is 0.326 e. The van der Waals surface area contributed by atoms with Gasteiger partial charge in [-0.3, -0.25) is 9.89 Å². The van der Waals surface area contributed by atoms with Gasteiger partial charge < -0.3 is 5.32 Å². The number of aryl methyl sites for hydroxylation is 1. The zero-order valence-corrected chi connectivity index (χ0v) is 13.9. The molecule has 0 aliphatic rings. The number of nitrogens with one attached hydrogen (secondary N) is 2. The lowest BCUT2D eigenvalue weighted by molar-refractivity contribution is -0.114. The van der Waals surface area contributed by atoms with E-state index >= 15 is 0 Å². The van der Waals surface area contributed by atoms with Crippen LogP contribution in [0.25, 0.3) is 11.3 Å². The first-order chi connectivity index (χ1) is 11.5. The molecule has 0 spiro atoms. The SMILES string of the molecule is CC(=O)Nc1ccc(-c2cn([C@@H](C)Cc3cc(C)[nH]n3)nn2)cc1. The van der Waals surface area contributed by atoms with Crippen LogP contribution in [0.1, 0.15) is 31.3 Å². The molecule has 1 amide bonds. The van der Waals surface area contributed by atoms with Crippen molar-refractivity contribution in [1.29, 1.82) is 0 Å². The summed E-state index contributed by atoms with van der Waals surface area (Å²) in [4.78, 5) is 11.1. The van der Waals surface area contributed by atoms with E-state index in [0.717, 1.165) is 34.8 Å². The molecule has 0 bridgehead atoms. The van der Waals surface area contributed by atoms with Gasteiger partial charge in [0.15, 0.2) is 0 Å². The first kappa shape index (κ1) is 15.9. The van der Waals surface area contributed by atoms with Crippen molar-refractivity contribution < 1.29 is 4.79 Å². The van der Waals surface area contributed by atoms with Crippen molar-refractivity contribution in [3.05, 3.63) is 47.9 Å². The van der Waals surface area contributed by atoms with Crippen LogP contribution in [0, 0.1) is 6.92 Å². The predicted octanol–water partition coefficient (Wildman–Crippen LogP) is 2.74. The topological polar surface area (TPSA) is 88.5 Å². The molecule has 0 saturated heterocycles. The summed E-state index contributed by atoms with van der Waals surface area (Å²) in [5.41, 5.74) is 4.58. The first-order valence-corrected chi connectivity index (χ1v) is 7.82. The maximum absolute atomic E-state index is 11.1. The number of benzene rings is 1. The van der Waals surface area contributed by atoms with Crippen LogP contribution in [0.5, 0.6) is 0 Å². The number of H-pyrrole nitrogens is 1. The molecule has 0 aliphatic carbocycles. The van der Waals surface area contributed by atoms with Crippen molar-refractivity contribution in [3.8, 4) is 11.3 Å². The van der Waals surface area contributed by atoms with Crippen molar-refractivity contribution >= 4 is 11.6 Å². The Morgan fingerprint density at radius 2 is 2.08 bits per heavy atom. The normalized spacial score (nSPS) is 12.1. The van der Waals surface area contributed by atoms with Crippen LogP contribution < -0.4 is 5.32 Å². The molecule has 124 valence electrons. The van der Waals surface area contributed by atoms with Crippen LogP contribution in [0.2, 0.25) is 0 Å². The molecule has 0 aliphatic heterocycles. The van der Waals surface area contributed by atoms with E-state index in [9.17, 15) is 4.79 Å².